The van der Waals surface area contributed by atoms with Gasteiger partial charge in [-0.15, -0.1) is 0 Å². The van der Waals surface area contributed by atoms with Crippen molar-refractivity contribution in [1.82, 2.24) is 9.97 Å². The molecule has 0 saturated carbocycles. The van der Waals surface area contributed by atoms with Gasteiger partial charge in [-0.1, -0.05) is 6.07 Å². The van der Waals surface area contributed by atoms with Gasteiger partial charge in [0.05, 0.1) is 18.1 Å². The van der Waals surface area contributed by atoms with Crippen molar-refractivity contribution in [2.75, 3.05) is 29.1 Å². The van der Waals surface area contributed by atoms with Crippen molar-refractivity contribution in [3.05, 3.63) is 36.7 Å². The summed E-state index contributed by atoms with van der Waals surface area (Å²) in [6, 6.07) is 7.04. The Bertz CT molecular complexity index is 715. The summed E-state index contributed by atoms with van der Waals surface area (Å²) in [5, 5.41) is 0. The number of hydrogen-bond donors (Lipinski definition) is 3. The molecule has 0 spiro atoms. The quantitative estimate of drug-likeness (QED) is 0.548. The highest BCUT2D eigenvalue weighted by atomic mass is 32.2. The maximum Gasteiger partial charge on any atom is 0.264 e. The summed E-state index contributed by atoms with van der Waals surface area (Å²) >= 11 is 0. The van der Waals surface area contributed by atoms with Gasteiger partial charge in [0, 0.05) is 19.8 Å². The SMILES string of the molecule is CN(C)c1cccc(NS(=O)(=O)c2cnc(NN)nc2)c1. The lowest BCUT2D eigenvalue weighted by Crippen LogP contribution is -2.16. The van der Waals surface area contributed by atoms with Crippen LogP contribution in [0.3, 0.4) is 0 Å². The Balaban J connectivity index is 2.26. The highest BCUT2D eigenvalue weighted by Crippen LogP contribution is 2.20. The summed E-state index contributed by atoms with van der Waals surface area (Å²) in [7, 11) is 0.00711. The number of nitrogen functional groups attached to an aromatic ring is 1. The molecule has 0 saturated heterocycles. The fourth-order valence-corrected chi connectivity index (χ4v) is 2.53. The van der Waals surface area contributed by atoms with Gasteiger partial charge < -0.3 is 4.90 Å². The van der Waals surface area contributed by atoms with Crippen molar-refractivity contribution in [3.8, 4) is 0 Å². The molecule has 8 nitrogen and oxygen atoms in total. The molecule has 0 aliphatic heterocycles. The van der Waals surface area contributed by atoms with E-state index in [0.29, 0.717) is 5.69 Å². The highest BCUT2D eigenvalue weighted by Gasteiger charge is 2.15. The third-order valence-corrected chi connectivity index (χ3v) is 4.02. The fraction of sp³-hybridized carbons (Fsp3) is 0.167. The minimum Gasteiger partial charge on any atom is -0.378 e. The number of nitrogens with one attached hydrogen (secondary N) is 2. The third kappa shape index (κ3) is 3.58. The Kier molecular flexibility index (Phi) is 4.24. The number of nitrogens with two attached hydrogens (primary N) is 1. The third-order valence-electron chi connectivity index (χ3n) is 2.68. The molecule has 2 rings (SSSR count). The summed E-state index contributed by atoms with van der Waals surface area (Å²) in [5.74, 6) is 5.27. The first-order chi connectivity index (χ1) is 9.92. The Morgan fingerprint density at radius 2 is 1.86 bits per heavy atom. The zero-order chi connectivity index (χ0) is 15.5. The van der Waals surface area contributed by atoms with Crippen LogP contribution >= 0.6 is 0 Å². The van der Waals surface area contributed by atoms with Crippen molar-refractivity contribution in [2.24, 2.45) is 5.84 Å². The minimum atomic E-state index is -3.74. The molecule has 0 atom stereocenters. The zero-order valence-corrected chi connectivity index (χ0v) is 12.4. The molecular weight excluding hydrogens is 292 g/mol. The monoisotopic (exact) mass is 308 g/mol. The molecule has 21 heavy (non-hydrogen) atoms. The maximum atomic E-state index is 12.2. The molecule has 1 aromatic heterocycles. The van der Waals surface area contributed by atoms with Crippen molar-refractivity contribution < 1.29 is 8.42 Å². The van der Waals surface area contributed by atoms with Crippen molar-refractivity contribution in [1.29, 1.82) is 0 Å². The van der Waals surface area contributed by atoms with Crippen LogP contribution in [0.25, 0.3) is 0 Å². The second-order valence-corrected chi connectivity index (χ2v) is 6.12. The number of benzene rings is 1. The van der Waals surface area contributed by atoms with Gasteiger partial charge in [0.25, 0.3) is 10.0 Å². The van der Waals surface area contributed by atoms with Crippen LogP contribution in [-0.4, -0.2) is 32.5 Å². The van der Waals surface area contributed by atoms with Gasteiger partial charge in [-0.3, -0.25) is 10.1 Å². The molecule has 0 radical (unpaired) electrons. The van der Waals surface area contributed by atoms with Gasteiger partial charge in [-0.2, -0.15) is 0 Å². The van der Waals surface area contributed by atoms with E-state index in [4.69, 9.17) is 5.84 Å². The molecule has 112 valence electrons. The number of aromatic nitrogens is 2. The second-order valence-electron chi connectivity index (χ2n) is 4.44. The number of hydrogen-bond acceptors (Lipinski definition) is 7. The van der Waals surface area contributed by atoms with E-state index in [-0.39, 0.29) is 10.8 Å². The van der Waals surface area contributed by atoms with Gasteiger partial charge in [-0.25, -0.2) is 24.2 Å². The molecular formula is C12H16N6O2S. The lowest BCUT2D eigenvalue weighted by atomic mass is 10.3. The number of sulfonamides is 1. The van der Waals surface area contributed by atoms with Gasteiger partial charge in [0.1, 0.15) is 4.90 Å². The number of anilines is 3. The molecule has 1 heterocycles. The van der Waals surface area contributed by atoms with Crippen molar-refractivity contribution in [2.45, 2.75) is 4.90 Å². The summed E-state index contributed by atoms with van der Waals surface area (Å²) < 4.78 is 26.9. The van der Waals surface area contributed by atoms with Crippen LogP contribution < -0.4 is 20.9 Å². The molecule has 0 unspecified atom stereocenters. The lowest BCUT2D eigenvalue weighted by molar-refractivity contribution is 0.600. The van der Waals surface area contributed by atoms with E-state index in [9.17, 15) is 8.42 Å². The Morgan fingerprint density at radius 1 is 1.19 bits per heavy atom. The normalized spacial score (nSPS) is 11.0. The standard InChI is InChI=1S/C12H16N6O2S/c1-18(2)10-5-3-4-9(6-10)17-21(19,20)11-7-14-12(16-13)15-8-11/h3-8,17H,13H2,1-2H3,(H,14,15,16). The van der Waals surface area contributed by atoms with Crippen LogP contribution in [0.15, 0.2) is 41.6 Å². The van der Waals surface area contributed by atoms with Crippen LogP contribution in [0.5, 0.6) is 0 Å². The molecule has 2 aromatic rings. The fourth-order valence-electron chi connectivity index (χ4n) is 1.59. The predicted octanol–water partition coefficient (Wildman–Crippen LogP) is 0.629. The lowest BCUT2D eigenvalue weighted by Gasteiger charge is -2.14. The van der Waals surface area contributed by atoms with E-state index in [1.807, 2.05) is 25.1 Å². The summed E-state index contributed by atoms with van der Waals surface area (Å²) in [6.45, 7) is 0. The van der Waals surface area contributed by atoms with Gasteiger partial charge in [0.15, 0.2) is 0 Å². The van der Waals surface area contributed by atoms with Crippen LogP contribution in [0.1, 0.15) is 0 Å². The molecule has 0 aliphatic carbocycles. The largest absolute Gasteiger partial charge is 0.378 e. The molecule has 9 heteroatoms. The highest BCUT2D eigenvalue weighted by molar-refractivity contribution is 7.92. The molecule has 0 amide bonds. The Labute approximate surface area is 123 Å². The zero-order valence-electron chi connectivity index (χ0n) is 11.6. The van der Waals surface area contributed by atoms with Crippen molar-refractivity contribution >= 4 is 27.3 Å². The summed E-state index contributed by atoms with van der Waals surface area (Å²) in [4.78, 5) is 9.39. The van der Waals surface area contributed by atoms with Crippen LogP contribution in [-0.2, 0) is 10.0 Å². The first kappa shape index (κ1) is 15.0. The first-order valence-corrected chi connectivity index (χ1v) is 7.49. The molecule has 0 aliphatic rings. The number of rotatable bonds is 5. The Morgan fingerprint density at radius 3 is 2.43 bits per heavy atom. The molecule has 0 fully saturated rings. The minimum absolute atomic E-state index is 0.0447. The number of nitrogens with zero attached hydrogens (tertiary/aromatic N) is 3. The average Bonchev–Trinajstić information content (AvgIpc) is 2.47. The van der Waals surface area contributed by atoms with Crippen LogP contribution in [0, 0.1) is 0 Å². The Hall–Kier alpha value is -2.39. The van der Waals surface area contributed by atoms with E-state index >= 15 is 0 Å². The van der Waals surface area contributed by atoms with E-state index in [1.54, 1.807) is 18.2 Å². The van der Waals surface area contributed by atoms with Gasteiger partial charge in [0.2, 0.25) is 5.95 Å². The predicted molar refractivity (Wildman–Crippen MR) is 81.4 cm³/mol. The summed E-state index contributed by atoms with van der Waals surface area (Å²) in [6.07, 6.45) is 2.36. The first-order valence-electron chi connectivity index (χ1n) is 6.01. The van der Waals surface area contributed by atoms with Crippen molar-refractivity contribution in [3.63, 3.8) is 0 Å². The topological polar surface area (TPSA) is 113 Å². The average molecular weight is 308 g/mol. The molecule has 1 aromatic carbocycles. The number of hydrazine groups is 1. The van der Waals surface area contributed by atoms with E-state index < -0.39 is 10.0 Å². The van der Waals surface area contributed by atoms with Crippen LogP contribution in [0.4, 0.5) is 17.3 Å². The van der Waals surface area contributed by atoms with Gasteiger partial charge in [-0.05, 0) is 18.2 Å². The van der Waals surface area contributed by atoms with E-state index in [2.05, 4.69) is 20.1 Å². The molecule has 0 bridgehead atoms. The van der Waals surface area contributed by atoms with Gasteiger partial charge >= 0.3 is 0 Å². The van der Waals surface area contributed by atoms with E-state index in [0.717, 1.165) is 5.69 Å². The smallest absolute Gasteiger partial charge is 0.264 e. The van der Waals surface area contributed by atoms with Crippen LogP contribution in [0.2, 0.25) is 0 Å². The van der Waals surface area contributed by atoms with E-state index in [1.165, 1.54) is 12.4 Å². The molecule has 4 N–H and O–H groups in total. The second kappa shape index (κ2) is 5.94. The summed E-state index contributed by atoms with van der Waals surface area (Å²) in [5.41, 5.74) is 3.58. The maximum absolute atomic E-state index is 12.2.